The minimum Gasteiger partial charge on any atom is -0.393 e. The molecule has 2 aliphatic heterocycles. The number of ether oxygens (including phenoxy) is 6. The lowest BCUT2D eigenvalue weighted by atomic mass is 9.94. The molecular formula is C16H30O7. The van der Waals surface area contributed by atoms with Gasteiger partial charge in [-0.15, -0.1) is 0 Å². The number of hydrogen-bond donors (Lipinski definition) is 1. The second-order valence-corrected chi connectivity index (χ2v) is 6.36. The average Bonchev–Trinajstić information content (AvgIpc) is 2.53. The largest absolute Gasteiger partial charge is 0.393 e. The van der Waals surface area contributed by atoms with Crippen molar-refractivity contribution in [2.75, 3.05) is 34.5 Å². The summed E-state index contributed by atoms with van der Waals surface area (Å²) < 4.78 is 34.0. The summed E-state index contributed by atoms with van der Waals surface area (Å²) in [7, 11) is 4.88. The van der Waals surface area contributed by atoms with Gasteiger partial charge in [-0.1, -0.05) is 6.92 Å². The third-order valence-electron chi connectivity index (χ3n) is 4.76. The molecule has 0 saturated carbocycles. The molecule has 2 rings (SSSR count). The first-order valence-electron chi connectivity index (χ1n) is 8.16. The lowest BCUT2D eigenvalue weighted by molar-refractivity contribution is -0.307. The molecule has 6 unspecified atom stereocenters. The fourth-order valence-electron chi connectivity index (χ4n) is 3.23. The Kier molecular flexibility index (Phi) is 7.21. The Balaban J connectivity index is 2.06. The second kappa shape index (κ2) is 8.71. The smallest absolute Gasteiger partial charge is 0.163 e. The molecule has 0 radical (unpaired) electrons. The zero-order chi connectivity index (χ0) is 17.0. The van der Waals surface area contributed by atoms with Crippen LogP contribution in [0.4, 0.5) is 0 Å². The molecule has 0 aromatic rings. The minimum atomic E-state index is -0.539. The van der Waals surface area contributed by atoms with E-state index in [0.29, 0.717) is 19.6 Å². The lowest BCUT2D eigenvalue weighted by Gasteiger charge is -2.44. The number of hydrogen-bond acceptors (Lipinski definition) is 7. The Hall–Kier alpha value is -0.280. The van der Waals surface area contributed by atoms with Gasteiger partial charge in [-0.05, 0) is 6.92 Å². The van der Waals surface area contributed by atoms with Gasteiger partial charge < -0.3 is 33.5 Å². The van der Waals surface area contributed by atoms with E-state index in [2.05, 4.69) is 0 Å². The maximum atomic E-state index is 10.3. The first-order valence-corrected chi connectivity index (χ1v) is 8.16. The lowest BCUT2D eigenvalue weighted by Crippen LogP contribution is -2.57. The average molecular weight is 334 g/mol. The summed E-state index contributed by atoms with van der Waals surface area (Å²) in [6, 6.07) is 0. The van der Waals surface area contributed by atoms with Crippen LogP contribution in [0.5, 0.6) is 0 Å². The third-order valence-corrected chi connectivity index (χ3v) is 4.76. The molecule has 136 valence electrons. The van der Waals surface area contributed by atoms with Crippen molar-refractivity contribution in [3.05, 3.63) is 0 Å². The van der Waals surface area contributed by atoms with Crippen molar-refractivity contribution in [2.24, 2.45) is 5.92 Å². The van der Waals surface area contributed by atoms with E-state index in [-0.39, 0.29) is 36.4 Å². The Labute approximate surface area is 138 Å². The van der Waals surface area contributed by atoms with Gasteiger partial charge in [0.1, 0.15) is 18.3 Å². The molecule has 0 amide bonds. The third kappa shape index (κ3) is 4.42. The van der Waals surface area contributed by atoms with Gasteiger partial charge in [-0.2, -0.15) is 0 Å². The van der Waals surface area contributed by atoms with Crippen molar-refractivity contribution in [2.45, 2.75) is 63.2 Å². The van der Waals surface area contributed by atoms with Crippen molar-refractivity contribution < 1.29 is 33.5 Å². The molecule has 2 fully saturated rings. The monoisotopic (exact) mass is 334 g/mol. The van der Waals surface area contributed by atoms with E-state index < -0.39 is 12.4 Å². The standard InChI is InChI=1S/C16H30O7/c1-9-12(17)6-11(7-18-3)22-16(9)23-14-10(2)21-8-13(19-4)15(14)20-5/h9-17H,6-8H2,1-5H3/t9?,10?,11?,12?,13?,14-,15?,16-/m0/s1. The van der Waals surface area contributed by atoms with Crippen molar-refractivity contribution in [3.8, 4) is 0 Å². The van der Waals surface area contributed by atoms with Crippen LogP contribution in [0.25, 0.3) is 0 Å². The highest BCUT2D eigenvalue weighted by atomic mass is 16.7. The Morgan fingerprint density at radius 3 is 2.43 bits per heavy atom. The molecular weight excluding hydrogens is 304 g/mol. The quantitative estimate of drug-likeness (QED) is 0.761. The van der Waals surface area contributed by atoms with Crippen LogP contribution >= 0.6 is 0 Å². The van der Waals surface area contributed by atoms with E-state index in [9.17, 15) is 5.11 Å². The normalized spacial score (nSPS) is 45.1. The number of aliphatic hydroxyl groups excluding tert-OH is 1. The van der Waals surface area contributed by atoms with E-state index >= 15 is 0 Å². The predicted molar refractivity (Wildman–Crippen MR) is 82.2 cm³/mol. The topological polar surface area (TPSA) is 75.6 Å². The van der Waals surface area contributed by atoms with Crippen LogP contribution in [0.3, 0.4) is 0 Å². The van der Waals surface area contributed by atoms with E-state index in [1.54, 1.807) is 21.3 Å². The molecule has 23 heavy (non-hydrogen) atoms. The van der Waals surface area contributed by atoms with Gasteiger partial charge in [-0.3, -0.25) is 0 Å². The van der Waals surface area contributed by atoms with Crippen LogP contribution in [-0.2, 0) is 28.4 Å². The number of rotatable bonds is 6. The summed E-state index contributed by atoms with van der Waals surface area (Å²) in [5.41, 5.74) is 0. The van der Waals surface area contributed by atoms with E-state index in [1.807, 2.05) is 13.8 Å². The Bertz CT molecular complexity index is 353. The Morgan fingerprint density at radius 1 is 1.09 bits per heavy atom. The van der Waals surface area contributed by atoms with Crippen molar-refractivity contribution >= 4 is 0 Å². The molecule has 1 N–H and O–H groups in total. The van der Waals surface area contributed by atoms with Crippen molar-refractivity contribution in [1.82, 2.24) is 0 Å². The van der Waals surface area contributed by atoms with Crippen LogP contribution in [0.2, 0.25) is 0 Å². The van der Waals surface area contributed by atoms with E-state index in [0.717, 1.165) is 0 Å². The molecule has 0 aliphatic carbocycles. The summed E-state index contributed by atoms with van der Waals surface area (Å²) in [4.78, 5) is 0. The molecule has 2 saturated heterocycles. The van der Waals surface area contributed by atoms with Crippen LogP contribution in [0.15, 0.2) is 0 Å². The van der Waals surface area contributed by atoms with Crippen LogP contribution in [-0.4, -0.2) is 82.6 Å². The van der Waals surface area contributed by atoms with Crippen LogP contribution in [0, 0.1) is 5.92 Å². The molecule has 0 aromatic heterocycles. The summed E-state index contributed by atoms with van der Waals surface area (Å²) in [6.07, 6.45) is -1.60. The highest BCUT2D eigenvalue weighted by Crippen LogP contribution is 2.31. The van der Waals surface area contributed by atoms with Gasteiger partial charge in [0.05, 0.1) is 31.5 Å². The molecule has 0 bridgehead atoms. The molecule has 7 heteroatoms. The SMILES string of the molecule is COCC1CC(O)C(C)[C@H](O[C@H]2C(C)OCC(OC)C2OC)O1. The van der Waals surface area contributed by atoms with E-state index in [4.69, 9.17) is 28.4 Å². The highest BCUT2D eigenvalue weighted by molar-refractivity contribution is 4.90. The van der Waals surface area contributed by atoms with Gasteiger partial charge in [0, 0.05) is 33.7 Å². The first-order chi connectivity index (χ1) is 11.0. The second-order valence-electron chi connectivity index (χ2n) is 6.36. The number of aliphatic hydroxyl groups is 1. The highest BCUT2D eigenvalue weighted by Gasteiger charge is 2.44. The van der Waals surface area contributed by atoms with Crippen molar-refractivity contribution in [3.63, 3.8) is 0 Å². The fourth-order valence-corrected chi connectivity index (χ4v) is 3.23. The fraction of sp³-hybridized carbons (Fsp3) is 1.00. The minimum absolute atomic E-state index is 0.143. The first kappa shape index (κ1) is 19.1. The predicted octanol–water partition coefficient (Wildman–Crippen LogP) is 0.579. The van der Waals surface area contributed by atoms with Crippen LogP contribution < -0.4 is 0 Å². The Morgan fingerprint density at radius 2 is 1.83 bits per heavy atom. The van der Waals surface area contributed by atoms with Crippen LogP contribution in [0.1, 0.15) is 20.3 Å². The van der Waals surface area contributed by atoms with Gasteiger partial charge in [-0.25, -0.2) is 0 Å². The zero-order valence-corrected chi connectivity index (χ0v) is 14.6. The van der Waals surface area contributed by atoms with Gasteiger partial charge in [0.25, 0.3) is 0 Å². The molecule has 0 aromatic carbocycles. The molecule has 2 aliphatic rings. The molecule has 8 atom stereocenters. The van der Waals surface area contributed by atoms with Gasteiger partial charge >= 0.3 is 0 Å². The maximum Gasteiger partial charge on any atom is 0.163 e. The maximum absolute atomic E-state index is 10.3. The summed E-state index contributed by atoms with van der Waals surface area (Å²) >= 11 is 0. The summed E-state index contributed by atoms with van der Waals surface area (Å²) in [5, 5.41) is 10.3. The van der Waals surface area contributed by atoms with Crippen molar-refractivity contribution in [1.29, 1.82) is 0 Å². The van der Waals surface area contributed by atoms with Gasteiger partial charge in [0.2, 0.25) is 0 Å². The van der Waals surface area contributed by atoms with Gasteiger partial charge in [0.15, 0.2) is 6.29 Å². The number of methoxy groups -OCH3 is 3. The molecule has 7 nitrogen and oxygen atoms in total. The van der Waals surface area contributed by atoms with E-state index in [1.165, 1.54) is 0 Å². The molecule has 0 spiro atoms. The molecule has 2 heterocycles. The summed E-state index contributed by atoms with van der Waals surface area (Å²) in [5.74, 6) is -0.143. The zero-order valence-electron chi connectivity index (χ0n) is 14.6. The summed E-state index contributed by atoms with van der Waals surface area (Å²) in [6.45, 7) is 4.75.